The number of nitrogens with zero attached hydrogens (tertiary/aromatic N) is 3. The molecular formula is C18H18FN3O5S. The molecule has 0 aliphatic carbocycles. The molecule has 0 aromatic heterocycles. The minimum absolute atomic E-state index is 0.0895. The van der Waals surface area contributed by atoms with Crippen molar-refractivity contribution in [3.05, 3.63) is 64.0 Å². The SMILES string of the molecule is CS(=O)(=O)c1cccc(N2CCN(Cc3cccc(F)c3)C(=O)C2)c1[N+](=O)[O-]. The van der Waals surface area contributed by atoms with Crippen LogP contribution in [-0.4, -0.2) is 50.0 Å². The van der Waals surface area contributed by atoms with Crippen LogP contribution in [0.2, 0.25) is 0 Å². The number of para-hydroxylation sites is 1. The lowest BCUT2D eigenvalue weighted by atomic mass is 10.1. The Morgan fingerprint density at radius 1 is 1.18 bits per heavy atom. The predicted octanol–water partition coefficient (Wildman–Crippen LogP) is 1.99. The largest absolute Gasteiger partial charge is 0.355 e. The lowest BCUT2D eigenvalue weighted by Gasteiger charge is -2.35. The Kier molecular flexibility index (Phi) is 5.32. The second-order valence-corrected chi connectivity index (χ2v) is 8.50. The number of nitro benzene ring substituents is 1. The van der Waals surface area contributed by atoms with Crippen molar-refractivity contribution in [2.75, 3.05) is 30.8 Å². The lowest BCUT2D eigenvalue weighted by molar-refractivity contribution is -0.387. The predicted molar refractivity (Wildman–Crippen MR) is 100 cm³/mol. The van der Waals surface area contributed by atoms with E-state index >= 15 is 0 Å². The summed E-state index contributed by atoms with van der Waals surface area (Å²) in [5, 5.41) is 11.5. The van der Waals surface area contributed by atoms with Crippen molar-refractivity contribution < 1.29 is 22.5 Å². The highest BCUT2D eigenvalue weighted by molar-refractivity contribution is 7.90. The first-order valence-corrected chi connectivity index (χ1v) is 10.3. The summed E-state index contributed by atoms with van der Waals surface area (Å²) in [6, 6.07) is 9.97. The van der Waals surface area contributed by atoms with Gasteiger partial charge in [-0.3, -0.25) is 14.9 Å². The Morgan fingerprint density at radius 2 is 1.89 bits per heavy atom. The molecule has 0 unspecified atom stereocenters. The first kappa shape index (κ1) is 19.7. The average molecular weight is 407 g/mol. The van der Waals surface area contributed by atoms with E-state index in [4.69, 9.17) is 0 Å². The standard InChI is InChI=1S/C18H18FN3O5S/c1-28(26,27)16-7-3-6-15(18(16)22(24)25)20-8-9-21(17(23)12-20)11-13-4-2-5-14(19)10-13/h2-7,10H,8-9,11-12H2,1H3. The number of piperazine rings is 1. The van der Waals surface area contributed by atoms with Crippen LogP contribution >= 0.6 is 0 Å². The highest BCUT2D eigenvalue weighted by atomic mass is 32.2. The van der Waals surface area contributed by atoms with E-state index in [0.29, 0.717) is 5.56 Å². The molecule has 1 amide bonds. The fraction of sp³-hybridized carbons (Fsp3) is 0.278. The lowest BCUT2D eigenvalue weighted by Crippen LogP contribution is -2.50. The molecule has 0 radical (unpaired) electrons. The van der Waals surface area contributed by atoms with Crippen molar-refractivity contribution >= 4 is 27.1 Å². The van der Waals surface area contributed by atoms with Crippen LogP contribution in [0.1, 0.15) is 5.56 Å². The van der Waals surface area contributed by atoms with Crippen molar-refractivity contribution in [3.63, 3.8) is 0 Å². The van der Waals surface area contributed by atoms with Gasteiger partial charge in [0.25, 0.3) is 0 Å². The van der Waals surface area contributed by atoms with Crippen LogP contribution in [0.15, 0.2) is 47.4 Å². The maximum absolute atomic E-state index is 13.3. The molecule has 2 aromatic carbocycles. The van der Waals surface area contributed by atoms with E-state index in [1.165, 1.54) is 40.1 Å². The highest BCUT2D eigenvalue weighted by Gasteiger charge is 2.32. The molecule has 0 N–H and O–H groups in total. The maximum Gasteiger partial charge on any atom is 0.311 e. The van der Waals surface area contributed by atoms with E-state index in [0.717, 1.165) is 6.26 Å². The second-order valence-electron chi connectivity index (χ2n) is 6.52. The van der Waals surface area contributed by atoms with Crippen LogP contribution < -0.4 is 4.90 Å². The zero-order valence-corrected chi connectivity index (χ0v) is 15.9. The van der Waals surface area contributed by atoms with E-state index in [1.807, 2.05) is 0 Å². The molecule has 148 valence electrons. The third-order valence-electron chi connectivity index (χ3n) is 4.48. The molecule has 0 bridgehead atoms. The molecule has 1 aliphatic rings. The minimum atomic E-state index is -3.81. The molecule has 1 saturated heterocycles. The Hall–Kier alpha value is -3.01. The van der Waals surface area contributed by atoms with E-state index in [9.17, 15) is 27.7 Å². The van der Waals surface area contributed by atoms with Crippen LogP contribution in [0, 0.1) is 15.9 Å². The number of nitro groups is 1. The topological polar surface area (TPSA) is 101 Å². The number of anilines is 1. The first-order chi connectivity index (χ1) is 13.2. The number of amides is 1. The van der Waals surface area contributed by atoms with Gasteiger partial charge in [-0.05, 0) is 29.8 Å². The summed E-state index contributed by atoms with van der Waals surface area (Å²) in [7, 11) is -3.81. The van der Waals surface area contributed by atoms with Crippen LogP contribution in [0.5, 0.6) is 0 Å². The number of hydrogen-bond acceptors (Lipinski definition) is 6. The van der Waals surface area contributed by atoms with Crippen molar-refractivity contribution in [3.8, 4) is 0 Å². The molecule has 1 fully saturated rings. The van der Waals surface area contributed by atoms with Gasteiger partial charge in [-0.25, -0.2) is 12.8 Å². The first-order valence-electron chi connectivity index (χ1n) is 8.41. The van der Waals surface area contributed by atoms with Gasteiger partial charge in [0.1, 0.15) is 16.4 Å². The summed E-state index contributed by atoms with van der Waals surface area (Å²) in [4.78, 5) is 26.0. The quantitative estimate of drug-likeness (QED) is 0.555. The third kappa shape index (κ3) is 4.11. The number of hydrogen-bond donors (Lipinski definition) is 0. The summed E-state index contributed by atoms with van der Waals surface area (Å²) in [6.07, 6.45) is 0.904. The fourth-order valence-electron chi connectivity index (χ4n) is 3.19. The van der Waals surface area contributed by atoms with Gasteiger partial charge < -0.3 is 9.80 Å². The zero-order valence-electron chi connectivity index (χ0n) is 15.0. The molecule has 1 heterocycles. The number of carbonyl (C=O) groups is 1. The van der Waals surface area contributed by atoms with E-state index in [-0.39, 0.29) is 42.7 Å². The van der Waals surface area contributed by atoms with Crippen molar-refractivity contribution in [2.45, 2.75) is 11.4 Å². The van der Waals surface area contributed by atoms with Crippen LogP contribution in [0.4, 0.5) is 15.8 Å². The Labute approximate surface area is 161 Å². The summed E-state index contributed by atoms with van der Waals surface area (Å²) in [5.41, 5.74) is 0.204. The smallest absolute Gasteiger partial charge is 0.311 e. The van der Waals surface area contributed by atoms with Crippen molar-refractivity contribution in [1.82, 2.24) is 4.90 Å². The second kappa shape index (κ2) is 7.55. The maximum atomic E-state index is 13.3. The van der Waals surface area contributed by atoms with Crippen LogP contribution in [0.3, 0.4) is 0 Å². The Morgan fingerprint density at radius 3 is 2.50 bits per heavy atom. The molecule has 10 heteroatoms. The highest BCUT2D eigenvalue weighted by Crippen LogP contribution is 2.35. The van der Waals surface area contributed by atoms with Crippen LogP contribution in [0.25, 0.3) is 0 Å². The van der Waals surface area contributed by atoms with Gasteiger partial charge in [-0.2, -0.15) is 0 Å². The zero-order chi connectivity index (χ0) is 20.5. The Bertz CT molecular complexity index is 1040. The van der Waals surface area contributed by atoms with Gasteiger partial charge in [0.05, 0.1) is 11.5 Å². The molecule has 8 nitrogen and oxygen atoms in total. The van der Waals surface area contributed by atoms with Gasteiger partial charge in [0.2, 0.25) is 5.91 Å². The minimum Gasteiger partial charge on any atom is -0.355 e. The van der Waals surface area contributed by atoms with Crippen molar-refractivity contribution in [2.24, 2.45) is 0 Å². The molecular weight excluding hydrogens is 389 g/mol. The van der Waals surface area contributed by atoms with Crippen molar-refractivity contribution in [1.29, 1.82) is 0 Å². The van der Waals surface area contributed by atoms with Gasteiger partial charge in [-0.1, -0.05) is 18.2 Å². The van der Waals surface area contributed by atoms with Gasteiger partial charge in [0, 0.05) is 25.9 Å². The number of sulfone groups is 1. The molecule has 2 aromatic rings. The molecule has 0 saturated carbocycles. The number of halogens is 1. The number of rotatable bonds is 5. The van der Waals surface area contributed by atoms with E-state index in [1.54, 1.807) is 12.1 Å². The molecule has 28 heavy (non-hydrogen) atoms. The Balaban J connectivity index is 1.84. The molecule has 3 rings (SSSR count). The summed E-state index contributed by atoms with van der Waals surface area (Å²) in [6.45, 7) is 0.657. The number of benzene rings is 2. The van der Waals surface area contributed by atoms with Crippen LogP contribution in [-0.2, 0) is 21.2 Å². The third-order valence-corrected chi connectivity index (χ3v) is 5.61. The van der Waals surface area contributed by atoms with Gasteiger partial charge in [0.15, 0.2) is 9.84 Å². The normalized spacial score (nSPS) is 15.0. The summed E-state index contributed by atoms with van der Waals surface area (Å²) >= 11 is 0. The van der Waals surface area contributed by atoms with E-state index < -0.39 is 26.3 Å². The molecule has 0 spiro atoms. The molecule has 1 aliphatic heterocycles. The van der Waals surface area contributed by atoms with Gasteiger partial charge in [-0.15, -0.1) is 0 Å². The summed E-state index contributed by atoms with van der Waals surface area (Å²) in [5.74, 6) is -0.675. The fourth-order valence-corrected chi connectivity index (χ4v) is 4.04. The summed E-state index contributed by atoms with van der Waals surface area (Å²) < 4.78 is 37.2. The average Bonchev–Trinajstić information content (AvgIpc) is 2.62. The molecule has 0 atom stereocenters. The van der Waals surface area contributed by atoms with E-state index in [2.05, 4.69) is 0 Å². The number of carbonyl (C=O) groups excluding carboxylic acids is 1. The monoisotopic (exact) mass is 407 g/mol. The van der Waals surface area contributed by atoms with Gasteiger partial charge >= 0.3 is 5.69 Å².